The third kappa shape index (κ3) is 4.67. The van der Waals surface area contributed by atoms with E-state index in [0.717, 1.165) is 37.5 Å². The number of fused-ring (bicyclic) bond motifs is 1. The average molecular weight is 526 g/mol. The van der Waals surface area contributed by atoms with Crippen molar-refractivity contribution < 1.29 is 4.74 Å². The van der Waals surface area contributed by atoms with Gasteiger partial charge in [0.2, 0.25) is 0 Å². The van der Waals surface area contributed by atoms with Gasteiger partial charge < -0.3 is 10.5 Å². The Labute approximate surface area is 196 Å². The third-order valence-corrected chi connectivity index (χ3v) is 6.75. The summed E-state index contributed by atoms with van der Waals surface area (Å²) in [6.07, 6.45) is 3.42. The van der Waals surface area contributed by atoms with Gasteiger partial charge in [-0.25, -0.2) is 0 Å². The Hall–Kier alpha value is -1.04. The van der Waals surface area contributed by atoms with Gasteiger partial charge >= 0.3 is 0 Å². The highest BCUT2D eigenvalue weighted by atomic mass is 79.9. The maximum atomic E-state index is 6.56. The van der Waals surface area contributed by atoms with Crippen molar-refractivity contribution in [3.05, 3.63) is 58.1 Å². The third-order valence-electron chi connectivity index (χ3n) is 6.75. The highest BCUT2D eigenvalue weighted by molar-refractivity contribution is 8.93. The van der Waals surface area contributed by atoms with Gasteiger partial charge in [-0.2, -0.15) is 0 Å². The van der Waals surface area contributed by atoms with Crippen LogP contribution in [0.3, 0.4) is 0 Å². The molecule has 2 N–H and O–H groups in total. The molecule has 5 heteroatoms. The zero-order chi connectivity index (χ0) is 19.2. The molecule has 0 amide bonds. The molecular weight excluding hydrogens is 492 g/mol. The van der Waals surface area contributed by atoms with Gasteiger partial charge in [0.05, 0.1) is 0 Å². The number of benzene rings is 2. The molecule has 160 valence electrons. The molecule has 4 rings (SSSR count). The average Bonchev–Trinajstić information content (AvgIpc) is 3.03. The van der Waals surface area contributed by atoms with Crippen LogP contribution in [0.15, 0.2) is 30.3 Å². The second kappa shape index (κ2) is 9.40. The lowest BCUT2D eigenvalue weighted by molar-refractivity contribution is 0.0523. The molecule has 0 saturated carbocycles. The van der Waals surface area contributed by atoms with Gasteiger partial charge in [-0.05, 0) is 81.8 Å². The van der Waals surface area contributed by atoms with E-state index in [1.54, 1.807) is 0 Å². The molecule has 1 saturated heterocycles. The number of nitrogens with two attached hydrogens (primary N) is 1. The number of likely N-dealkylation sites (tertiary alicyclic amines) is 1. The molecule has 0 unspecified atom stereocenters. The topological polar surface area (TPSA) is 38.5 Å². The van der Waals surface area contributed by atoms with E-state index < -0.39 is 0 Å². The number of rotatable bonds is 3. The first kappa shape index (κ1) is 24.2. The highest BCUT2D eigenvalue weighted by Crippen LogP contribution is 2.44. The van der Waals surface area contributed by atoms with Crippen LogP contribution in [0, 0.1) is 20.8 Å². The number of halogens is 2. The van der Waals surface area contributed by atoms with E-state index in [1.165, 1.54) is 40.7 Å². The van der Waals surface area contributed by atoms with Crippen molar-refractivity contribution in [3.63, 3.8) is 0 Å². The van der Waals surface area contributed by atoms with E-state index >= 15 is 0 Å². The fourth-order valence-corrected chi connectivity index (χ4v) is 4.93. The van der Waals surface area contributed by atoms with Crippen molar-refractivity contribution in [1.29, 1.82) is 0 Å². The Bertz CT molecular complexity index is 809. The van der Waals surface area contributed by atoms with Crippen molar-refractivity contribution in [2.24, 2.45) is 0 Å². The van der Waals surface area contributed by atoms with Crippen LogP contribution in [0.2, 0.25) is 0 Å². The molecule has 2 aromatic rings. The normalized spacial score (nSPS) is 21.7. The zero-order valence-corrected chi connectivity index (χ0v) is 21.4. The summed E-state index contributed by atoms with van der Waals surface area (Å²) >= 11 is 0. The Morgan fingerprint density at radius 3 is 2.24 bits per heavy atom. The Balaban J connectivity index is 0.00000150. The predicted octanol–water partition coefficient (Wildman–Crippen LogP) is 5.92. The number of hydrogen-bond donors (Lipinski definition) is 1. The van der Waals surface area contributed by atoms with Gasteiger partial charge in [-0.3, -0.25) is 4.90 Å². The van der Waals surface area contributed by atoms with Gasteiger partial charge in [0, 0.05) is 24.2 Å². The maximum absolute atomic E-state index is 6.56. The monoisotopic (exact) mass is 524 g/mol. The first-order valence-corrected chi connectivity index (χ1v) is 10.2. The molecule has 2 aromatic carbocycles. The van der Waals surface area contributed by atoms with Gasteiger partial charge in [0.15, 0.2) is 0 Å². The molecule has 1 atom stereocenters. The van der Waals surface area contributed by atoms with Gasteiger partial charge in [-0.15, -0.1) is 34.0 Å². The van der Waals surface area contributed by atoms with Crippen LogP contribution in [0.25, 0.3) is 0 Å². The number of anilines is 1. The largest absolute Gasteiger partial charge is 0.485 e. The minimum absolute atomic E-state index is 0. The van der Waals surface area contributed by atoms with Crippen LogP contribution in [-0.4, -0.2) is 30.1 Å². The number of ether oxygens (including phenoxy) is 1. The molecule has 29 heavy (non-hydrogen) atoms. The molecule has 0 bridgehead atoms. The first-order valence-electron chi connectivity index (χ1n) is 10.2. The van der Waals surface area contributed by atoms with E-state index in [2.05, 4.69) is 62.9 Å². The van der Waals surface area contributed by atoms with Crippen LogP contribution in [0.4, 0.5) is 5.69 Å². The molecule has 2 heterocycles. The maximum Gasteiger partial charge on any atom is 0.127 e. The van der Waals surface area contributed by atoms with Crippen LogP contribution in [0.1, 0.15) is 53.5 Å². The smallest absolute Gasteiger partial charge is 0.127 e. The number of nitrogens with zero attached hydrogens (tertiary/aromatic N) is 1. The molecule has 0 aliphatic carbocycles. The summed E-state index contributed by atoms with van der Waals surface area (Å²) in [5.74, 6) is 1.78. The van der Waals surface area contributed by atoms with Crippen molar-refractivity contribution in [1.82, 2.24) is 4.90 Å². The van der Waals surface area contributed by atoms with Gasteiger partial charge in [0.1, 0.15) is 11.4 Å². The zero-order valence-electron chi connectivity index (χ0n) is 18.0. The summed E-state index contributed by atoms with van der Waals surface area (Å²) in [4.78, 5) is 2.59. The van der Waals surface area contributed by atoms with Gasteiger partial charge in [-0.1, -0.05) is 30.3 Å². The van der Waals surface area contributed by atoms with E-state index in [-0.39, 0.29) is 39.6 Å². The van der Waals surface area contributed by atoms with Crippen molar-refractivity contribution in [2.75, 3.05) is 25.4 Å². The molecule has 0 radical (unpaired) electrons. The first-order chi connectivity index (χ1) is 12.9. The van der Waals surface area contributed by atoms with Crippen LogP contribution in [0.5, 0.6) is 5.75 Å². The summed E-state index contributed by atoms with van der Waals surface area (Å²) in [7, 11) is 0. The molecule has 3 nitrogen and oxygen atoms in total. The SMILES string of the molecule is Br.Br.Cc1c(C)c2c(c(C)c1N)C[C@@](C)(CN1CCC(c3ccccc3)CC1)O2. The second-order valence-corrected chi connectivity index (χ2v) is 8.79. The molecule has 0 aromatic heterocycles. The number of hydrogen-bond acceptors (Lipinski definition) is 3. The molecule has 0 spiro atoms. The fourth-order valence-electron chi connectivity index (χ4n) is 4.93. The fraction of sp³-hybridized carbons (Fsp3) is 0.500. The Morgan fingerprint density at radius 2 is 1.62 bits per heavy atom. The lowest BCUT2D eigenvalue weighted by Crippen LogP contribution is -2.47. The molecular formula is C24H34Br2N2O. The van der Waals surface area contributed by atoms with Crippen LogP contribution < -0.4 is 10.5 Å². The lowest BCUT2D eigenvalue weighted by atomic mass is 9.88. The van der Waals surface area contributed by atoms with E-state index in [9.17, 15) is 0 Å². The summed E-state index contributed by atoms with van der Waals surface area (Å²) < 4.78 is 6.56. The number of piperidine rings is 1. The second-order valence-electron chi connectivity index (χ2n) is 8.79. The summed E-state index contributed by atoms with van der Waals surface area (Å²) in [6, 6.07) is 11.0. The molecule has 2 aliphatic rings. The summed E-state index contributed by atoms with van der Waals surface area (Å²) in [5.41, 5.74) is 13.5. The van der Waals surface area contributed by atoms with Crippen LogP contribution in [-0.2, 0) is 6.42 Å². The van der Waals surface area contributed by atoms with Crippen molar-refractivity contribution in [2.45, 2.75) is 58.5 Å². The van der Waals surface area contributed by atoms with E-state index in [1.807, 2.05) is 0 Å². The Morgan fingerprint density at radius 1 is 1.00 bits per heavy atom. The summed E-state index contributed by atoms with van der Waals surface area (Å²) in [6.45, 7) is 11.9. The Kier molecular flexibility index (Phi) is 7.86. The number of nitrogen functional groups attached to an aromatic ring is 1. The van der Waals surface area contributed by atoms with Crippen LogP contribution >= 0.6 is 34.0 Å². The minimum atomic E-state index is -0.155. The quantitative estimate of drug-likeness (QED) is 0.505. The lowest BCUT2D eigenvalue weighted by Gasteiger charge is -2.37. The van der Waals surface area contributed by atoms with E-state index in [0.29, 0.717) is 5.92 Å². The minimum Gasteiger partial charge on any atom is -0.485 e. The molecule has 2 aliphatic heterocycles. The van der Waals surface area contributed by atoms with E-state index in [4.69, 9.17) is 10.5 Å². The van der Waals surface area contributed by atoms with Gasteiger partial charge in [0.25, 0.3) is 0 Å². The summed E-state index contributed by atoms with van der Waals surface area (Å²) in [5, 5.41) is 0. The van der Waals surface area contributed by atoms with Crippen molar-refractivity contribution >= 4 is 39.7 Å². The van der Waals surface area contributed by atoms with Crippen molar-refractivity contribution in [3.8, 4) is 5.75 Å². The highest BCUT2D eigenvalue weighted by Gasteiger charge is 2.39. The molecule has 1 fully saturated rings. The predicted molar refractivity (Wildman–Crippen MR) is 133 cm³/mol. The standard InChI is InChI=1S/C24H32N2O.2BrH/c1-16-17(2)23-21(18(3)22(16)25)14-24(4,27-23)15-26-12-10-20(11-13-26)19-8-6-5-7-9-19;;/h5-9,20H,10-15,25H2,1-4H3;2*1H/t24-;;/m0../s1.